The monoisotopic (exact) mass is 274 g/mol. The van der Waals surface area contributed by atoms with Crippen molar-refractivity contribution in [3.05, 3.63) is 42.0 Å². The molecule has 0 atom stereocenters. The summed E-state index contributed by atoms with van der Waals surface area (Å²) in [6, 6.07) is 10.3. The average molecular weight is 274 g/mol. The molecule has 0 spiro atoms. The highest BCUT2D eigenvalue weighted by atomic mass is 16.5. The molecule has 0 saturated carbocycles. The van der Waals surface area contributed by atoms with Gasteiger partial charge in [-0.1, -0.05) is 82.2 Å². The SMILES string of the molecule is CCCCCCCCCC/C=C(\OC)c1ccccc1. The molecular formula is C19H30O. The van der Waals surface area contributed by atoms with E-state index in [1.165, 1.54) is 56.9 Å². The number of hydrogen-bond donors (Lipinski definition) is 0. The molecule has 0 radical (unpaired) electrons. The fourth-order valence-corrected chi connectivity index (χ4v) is 2.43. The summed E-state index contributed by atoms with van der Waals surface area (Å²) in [5.74, 6) is 1.01. The fraction of sp³-hybridized carbons (Fsp3) is 0.579. The molecule has 0 amide bonds. The quantitative estimate of drug-likeness (QED) is 0.344. The topological polar surface area (TPSA) is 9.23 Å². The number of rotatable bonds is 11. The molecule has 1 rings (SSSR count). The number of hydrogen-bond acceptors (Lipinski definition) is 1. The Labute approximate surface area is 125 Å². The number of methoxy groups -OCH3 is 1. The summed E-state index contributed by atoms with van der Waals surface area (Å²) in [6.07, 6.45) is 14.3. The van der Waals surface area contributed by atoms with E-state index in [1.54, 1.807) is 7.11 Å². The van der Waals surface area contributed by atoms with Gasteiger partial charge >= 0.3 is 0 Å². The third-order valence-corrected chi connectivity index (χ3v) is 3.67. The molecule has 1 aromatic carbocycles. The van der Waals surface area contributed by atoms with Crippen LogP contribution in [0.4, 0.5) is 0 Å². The number of unbranched alkanes of at least 4 members (excludes halogenated alkanes) is 8. The molecule has 112 valence electrons. The van der Waals surface area contributed by atoms with Crippen LogP contribution < -0.4 is 0 Å². The van der Waals surface area contributed by atoms with Gasteiger partial charge in [-0.25, -0.2) is 0 Å². The van der Waals surface area contributed by atoms with E-state index in [1.807, 2.05) is 6.07 Å². The van der Waals surface area contributed by atoms with Crippen molar-refractivity contribution in [3.63, 3.8) is 0 Å². The van der Waals surface area contributed by atoms with Crippen LogP contribution in [0.1, 0.15) is 70.3 Å². The zero-order valence-electron chi connectivity index (χ0n) is 13.2. The largest absolute Gasteiger partial charge is 0.496 e. The van der Waals surface area contributed by atoms with Crippen molar-refractivity contribution in [2.24, 2.45) is 0 Å². The van der Waals surface area contributed by atoms with Gasteiger partial charge in [-0.3, -0.25) is 0 Å². The Hall–Kier alpha value is -1.24. The summed E-state index contributed by atoms with van der Waals surface area (Å²) >= 11 is 0. The van der Waals surface area contributed by atoms with Gasteiger partial charge < -0.3 is 4.74 Å². The lowest BCUT2D eigenvalue weighted by molar-refractivity contribution is 0.368. The zero-order valence-corrected chi connectivity index (χ0v) is 13.2. The molecule has 0 fully saturated rings. The lowest BCUT2D eigenvalue weighted by Crippen LogP contribution is -1.87. The average Bonchev–Trinajstić information content (AvgIpc) is 2.50. The summed E-state index contributed by atoms with van der Waals surface area (Å²) in [4.78, 5) is 0. The highest BCUT2D eigenvalue weighted by Crippen LogP contribution is 2.17. The van der Waals surface area contributed by atoms with E-state index >= 15 is 0 Å². The normalized spacial score (nSPS) is 11.6. The maximum atomic E-state index is 5.47. The van der Waals surface area contributed by atoms with Gasteiger partial charge in [0.2, 0.25) is 0 Å². The maximum absolute atomic E-state index is 5.47. The molecule has 0 unspecified atom stereocenters. The van der Waals surface area contributed by atoms with E-state index in [2.05, 4.69) is 37.3 Å². The predicted molar refractivity (Wildman–Crippen MR) is 88.7 cm³/mol. The standard InChI is InChI=1S/C19H30O/c1-3-4-5-6-7-8-9-10-14-17-19(20-2)18-15-12-11-13-16-18/h11-13,15-17H,3-10,14H2,1-2H3/b19-17-. The van der Waals surface area contributed by atoms with Gasteiger partial charge in [0.15, 0.2) is 0 Å². The van der Waals surface area contributed by atoms with Crippen molar-refractivity contribution >= 4 is 5.76 Å². The van der Waals surface area contributed by atoms with E-state index in [0.29, 0.717) is 0 Å². The molecular weight excluding hydrogens is 244 g/mol. The predicted octanol–water partition coefficient (Wildman–Crippen LogP) is 6.20. The van der Waals surface area contributed by atoms with Crippen LogP contribution in [0, 0.1) is 0 Å². The van der Waals surface area contributed by atoms with Crippen molar-refractivity contribution in [3.8, 4) is 0 Å². The highest BCUT2D eigenvalue weighted by molar-refractivity contribution is 5.59. The molecule has 20 heavy (non-hydrogen) atoms. The fourth-order valence-electron chi connectivity index (χ4n) is 2.43. The zero-order chi connectivity index (χ0) is 14.5. The Morgan fingerprint density at radius 2 is 1.50 bits per heavy atom. The van der Waals surface area contributed by atoms with Gasteiger partial charge in [0, 0.05) is 5.56 Å². The van der Waals surface area contributed by atoms with Crippen LogP contribution >= 0.6 is 0 Å². The van der Waals surface area contributed by atoms with Crippen LogP contribution in [-0.2, 0) is 4.74 Å². The van der Waals surface area contributed by atoms with Crippen LogP contribution in [0.3, 0.4) is 0 Å². The van der Waals surface area contributed by atoms with Crippen molar-refractivity contribution in [2.75, 3.05) is 7.11 Å². The first kappa shape index (κ1) is 16.8. The van der Waals surface area contributed by atoms with Crippen LogP contribution in [0.2, 0.25) is 0 Å². The Kier molecular flexibility index (Phi) is 9.73. The lowest BCUT2D eigenvalue weighted by atomic mass is 10.1. The van der Waals surface area contributed by atoms with Crippen LogP contribution in [-0.4, -0.2) is 7.11 Å². The molecule has 1 nitrogen and oxygen atoms in total. The molecule has 0 aliphatic carbocycles. The number of allylic oxidation sites excluding steroid dienone is 1. The van der Waals surface area contributed by atoms with Crippen LogP contribution in [0.25, 0.3) is 5.76 Å². The third-order valence-electron chi connectivity index (χ3n) is 3.67. The second-order valence-corrected chi connectivity index (χ2v) is 5.40. The van der Waals surface area contributed by atoms with Gasteiger partial charge in [0.25, 0.3) is 0 Å². The Morgan fingerprint density at radius 1 is 0.900 bits per heavy atom. The summed E-state index contributed by atoms with van der Waals surface area (Å²) in [5.41, 5.74) is 1.18. The minimum atomic E-state index is 1.01. The van der Waals surface area contributed by atoms with Crippen molar-refractivity contribution in [1.82, 2.24) is 0 Å². The van der Waals surface area contributed by atoms with Crippen molar-refractivity contribution < 1.29 is 4.74 Å². The Balaban J connectivity index is 2.13. The molecule has 1 heteroatoms. The Morgan fingerprint density at radius 3 is 2.10 bits per heavy atom. The molecule has 0 aromatic heterocycles. The molecule has 0 bridgehead atoms. The summed E-state index contributed by atoms with van der Waals surface area (Å²) in [5, 5.41) is 0. The van der Waals surface area contributed by atoms with E-state index in [4.69, 9.17) is 4.74 Å². The van der Waals surface area contributed by atoms with E-state index < -0.39 is 0 Å². The molecule has 0 N–H and O–H groups in total. The van der Waals surface area contributed by atoms with E-state index in [9.17, 15) is 0 Å². The van der Waals surface area contributed by atoms with Gasteiger partial charge in [-0.05, 0) is 18.9 Å². The first-order valence-electron chi connectivity index (χ1n) is 8.18. The smallest absolute Gasteiger partial charge is 0.122 e. The summed E-state index contributed by atoms with van der Waals surface area (Å²) in [7, 11) is 1.76. The van der Waals surface area contributed by atoms with Gasteiger partial charge in [-0.2, -0.15) is 0 Å². The summed E-state index contributed by atoms with van der Waals surface area (Å²) < 4.78 is 5.47. The second kappa shape index (κ2) is 11.6. The molecule has 0 aliphatic heterocycles. The molecule has 1 aromatic rings. The van der Waals surface area contributed by atoms with Gasteiger partial charge in [-0.15, -0.1) is 0 Å². The van der Waals surface area contributed by atoms with Crippen molar-refractivity contribution in [2.45, 2.75) is 64.7 Å². The number of benzene rings is 1. The maximum Gasteiger partial charge on any atom is 0.122 e. The first-order valence-corrected chi connectivity index (χ1v) is 8.18. The first-order chi connectivity index (χ1) is 9.88. The number of ether oxygens (including phenoxy) is 1. The minimum absolute atomic E-state index is 1.01. The van der Waals surface area contributed by atoms with Crippen molar-refractivity contribution in [1.29, 1.82) is 0 Å². The van der Waals surface area contributed by atoms with E-state index in [-0.39, 0.29) is 0 Å². The molecule has 0 aliphatic rings. The second-order valence-electron chi connectivity index (χ2n) is 5.40. The van der Waals surface area contributed by atoms with Gasteiger partial charge in [0.1, 0.15) is 5.76 Å². The molecule has 0 heterocycles. The highest BCUT2D eigenvalue weighted by Gasteiger charge is 1.99. The third kappa shape index (κ3) is 7.37. The van der Waals surface area contributed by atoms with Gasteiger partial charge in [0.05, 0.1) is 7.11 Å². The lowest BCUT2D eigenvalue weighted by Gasteiger charge is -2.06. The van der Waals surface area contributed by atoms with Crippen LogP contribution in [0.5, 0.6) is 0 Å². The Bertz CT molecular complexity index is 353. The van der Waals surface area contributed by atoms with E-state index in [0.717, 1.165) is 12.2 Å². The minimum Gasteiger partial charge on any atom is -0.496 e. The molecule has 0 saturated heterocycles. The summed E-state index contributed by atoms with van der Waals surface area (Å²) in [6.45, 7) is 2.27. The van der Waals surface area contributed by atoms with Crippen LogP contribution in [0.15, 0.2) is 36.4 Å².